The van der Waals surface area contributed by atoms with E-state index in [0.717, 1.165) is 34.9 Å². The molecule has 0 unspecified atom stereocenters. The number of carboxylic acid groups (broad SMARTS) is 1. The van der Waals surface area contributed by atoms with Gasteiger partial charge in [-0.2, -0.15) is 0 Å². The van der Waals surface area contributed by atoms with Crippen molar-refractivity contribution in [2.45, 2.75) is 20.8 Å². The van der Waals surface area contributed by atoms with Crippen molar-refractivity contribution >= 4 is 33.7 Å². The summed E-state index contributed by atoms with van der Waals surface area (Å²) in [6.45, 7) is 8.47. The van der Waals surface area contributed by atoms with Crippen LogP contribution in [0.25, 0.3) is 6.08 Å². The quantitative estimate of drug-likeness (QED) is 0.803. The number of hydrogen-bond donors (Lipinski definition) is 1. The van der Waals surface area contributed by atoms with Gasteiger partial charge in [0.25, 0.3) is 0 Å². The Morgan fingerprint density at radius 3 is 2.63 bits per heavy atom. The molecule has 104 valence electrons. The van der Waals surface area contributed by atoms with E-state index in [1.165, 1.54) is 0 Å². The summed E-state index contributed by atoms with van der Waals surface area (Å²) >= 11 is 3.56. The van der Waals surface area contributed by atoms with Crippen LogP contribution in [0.4, 0.5) is 5.69 Å². The zero-order valence-electron chi connectivity index (χ0n) is 11.6. The van der Waals surface area contributed by atoms with Gasteiger partial charge in [0.2, 0.25) is 0 Å². The first-order valence-corrected chi connectivity index (χ1v) is 7.18. The van der Waals surface area contributed by atoms with Gasteiger partial charge in [0, 0.05) is 23.6 Å². The molecular weight excluding hydrogens is 306 g/mol. The predicted molar refractivity (Wildman–Crippen MR) is 83.5 cm³/mol. The number of halogens is 1. The van der Waals surface area contributed by atoms with Crippen molar-refractivity contribution in [2.75, 3.05) is 18.0 Å². The Labute approximate surface area is 123 Å². The number of hydrogen-bond acceptors (Lipinski definition) is 2. The van der Waals surface area contributed by atoms with Gasteiger partial charge in [-0.3, -0.25) is 0 Å². The van der Waals surface area contributed by atoms with Gasteiger partial charge in [-0.15, -0.1) is 0 Å². The fourth-order valence-electron chi connectivity index (χ4n) is 1.89. The fourth-order valence-corrected chi connectivity index (χ4v) is 2.54. The Bertz CT molecular complexity index is 469. The molecule has 0 saturated heterocycles. The van der Waals surface area contributed by atoms with E-state index in [-0.39, 0.29) is 0 Å². The van der Waals surface area contributed by atoms with Crippen molar-refractivity contribution < 1.29 is 9.90 Å². The molecule has 0 aliphatic carbocycles. The van der Waals surface area contributed by atoms with Crippen LogP contribution in [0.15, 0.2) is 28.7 Å². The largest absolute Gasteiger partial charge is 0.478 e. The average Bonchev–Trinajstić information content (AvgIpc) is 2.33. The molecule has 3 nitrogen and oxygen atoms in total. The standard InChI is InChI=1S/C15H20BrNO2/c1-4-17(10-11(2)3)14-7-5-12(9-13(14)16)6-8-15(18)19/h5-9,11H,4,10H2,1-3H3,(H,18,19)/b8-6+. The lowest BCUT2D eigenvalue weighted by molar-refractivity contribution is -0.131. The molecule has 0 heterocycles. The van der Waals surface area contributed by atoms with Crippen LogP contribution in [-0.2, 0) is 4.79 Å². The third-order valence-corrected chi connectivity index (χ3v) is 3.33. The Balaban J connectivity index is 2.95. The van der Waals surface area contributed by atoms with E-state index in [1.807, 2.05) is 18.2 Å². The van der Waals surface area contributed by atoms with Crippen LogP contribution in [0, 0.1) is 5.92 Å². The number of benzene rings is 1. The lowest BCUT2D eigenvalue weighted by Gasteiger charge is -2.26. The minimum Gasteiger partial charge on any atom is -0.478 e. The average molecular weight is 326 g/mol. The minimum absolute atomic E-state index is 0.596. The van der Waals surface area contributed by atoms with Gasteiger partial charge in [0.05, 0.1) is 5.69 Å². The Morgan fingerprint density at radius 1 is 1.47 bits per heavy atom. The summed E-state index contributed by atoms with van der Waals surface area (Å²) in [5.41, 5.74) is 2.02. The van der Waals surface area contributed by atoms with Crippen LogP contribution >= 0.6 is 15.9 Å². The van der Waals surface area contributed by atoms with Crippen molar-refractivity contribution in [2.24, 2.45) is 5.92 Å². The molecule has 0 aliphatic rings. The van der Waals surface area contributed by atoms with Gasteiger partial charge in [-0.25, -0.2) is 4.79 Å². The van der Waals surface area contributed by atoms with Crippen LogP contribution in [0.5, 0.6) is 0 Å². The molecule has 0 radical (unpaired) electrons. The maximum Gasteiger partial charge on any atom is 0.328 e. The molecule has 0 aromatic heterocycles. The first kappa shape index (κ1) is 15.8. The van der Waals surface area contributed by atoms with Crippen molar-refractivity contribution in [1.29, 1.82) is 0 Å². The summed E-state index contributed by atoms with van der Waals surface area (Å²) in [6, 6.07) is 5.90. The topological polar surface area (TPSA) is 40.5 Å². The SMILES string of the molecule is CCN(CC(C)C)c1ccc(/C=C/C(=O)O)cc1Br. The van der Waals surface area contributed by atoms with Gasteiger partial charge >= 0.3 is 5.97 Å². The maximum absolute atomic E-state index is 10.5. The van der Waals surface area contributed by atoms with Crippen molar-refractivity contribution in [3.8, 4) is 0 Å². The van der Waals surface area contributed by atoms with Crippen LogP contribution < -0.4 is 4.90 Å². The van der Waals surface area contributed by atoms with Crippen molar-refractivity contribution in [3.63, 3.8) is 0 Å². The first-order chi connectivity index (χ1) is 8.93. The fraction of sp³-hybridized carbons (Fsp3) is 0.400. The Kier molecular flexibility index (Phi) is 6.09. The highest BCUT2D eigenvalue weighted by molar-refractivity contribution is 9.10. The number of aliphatic carboxylic acids is 1. The van der Waals surface area contributed by atoms with Crippen molar-refractivity contribution in [3.05, 3.63) is 34.3 Å². The summed E-state index contributed by atoms with van der Waals surface area (Å²) in [4.78, 5) is 12.8. The van der Waals surface area contributed by atoms with E-state index in [4.69, 9.17) is 5.11 Å². The van der Waals surface area contributed by atoms with E-state index in [2.05, 4.69) is 41.6 Å². The molecule has 1 aromatic rings. The van der Waals surface area contributed by atoms with E-state index in [1.54, 1.807) is 6.08 Å². The second kappa shape index (κ2) is 7.34. The molecule has 1 N–H and O–H groups in total. The van der Waals surface area contributed by atoms with Crippen LogP contribution in [-0.4, -0.2) is 24.2 Å². The van der Waals surface area contributed by atoms with Crippen molar-refractivity contribution in [1.82, 2.24) is 0 Å². The smallest absolute Gasteiger partial charge is 0.328 e. The highest BCUT2D eigenvalue weighted by Gasteiger charge is 2.10. The molecule has 0 bridgehead atoms. The molecule has 0 spiro atoms. The number of carboxylic acids is 1. The van der Waals surface area contributed by atoms with Gasteiger partial charge in [0.15, 0.2) is 0 Å². The van der Waals surface area contributed by atoms with Crippen LogP contribution in [0.3, 0.4) is 0 Å². The van der Waals surface area contributed by atoms with Gasteiger partial charge < -0.3 is 10.0 Å². The Hall–Kier alpha value is -1.29. The van der Waals surface area contributed by atoms with E-state index < -0.39 is 5.97 Å². The normalized spacial score (nSPS) is 11.2. The van der Waals surface area contributed by atoms with Gasteiger partial charge in [-0.05, 0) is 52.5 Å². The molecular formula is C15H20BrNO2. The third kappa shape index (κ3) is 5.07. The lowest BCUT2D eigenvalue weighted by Crippen LogP contribution is -2.27. The van der Waals surface area contributed by atoms with E-state index in [0.29, 0.717) is 5.92 Å². The lowest BCUT2D eigenvalue weighted by atomic mass is 10.1. The molecule has 0 fully saturated rings. The zero-order chi connectivity index (χ0) is 14.4. The second-order valence-corrected chi connectivity index (χ2v) is 5.67. The molecule has 0 saturated carbocycles. The molecule has 0 atom stereocenters. The zero-order valence-corrected chi connectivity index (χ0v) is 13.1. The summed E-state index contributed by atoms with van der Waals surface area (Å²) in [5, 5.41) is 8.62. The third-order valence-electron chi connectivity index (χ3n) is 2.70. The molecule has 1 aromatic carbocycles. The summed E-state index contributed by atoms with van der Waals surface area (Å²) in [6.07, 6.45) is 2.74. The molecule has 1 rings (SSSR count). The second-order valence-electron chi connectivity index (χ2n) is 4.81. The van der Waals surface area contributed by atoms with E-state index >= 15 is 0 Å². The van der Waals surface area contributed by atoms with Crippen LogP contribution in [0.2, 0.25) is 0 Å². The predicted octanol–water partition coefficient (Wildman–Crippen LogP) is 4.03. The summed E-state index contributed by atoms with van der Waals surface area (Å²) in [5.74, 6) is -0.339. The number of nitrogens with zero attached hydrogens (tertiary/aromatic N) is 1. The molecule has 19 heavy (non-hydrogen) atoms. The summed E-state index contributed by atoms with van der Waals surface area (Å²) < 4.78 is 0.988. The van der Waals surface area contributed by atoms with Gasteiger partial charge in [-0.1, -0.05) is 19.9 Å². The minimum atomic E-state index is -0.935. The number of carbonyl (C=O) groups is 1. The molecule has 4 heteroatoms. The molecule has 0 amide bonds. The molecule has 0 aliphatic heterocycles. The Morgan fingerprint density at radius 2 is 2.16 bits per heavy atom. The number of anilines is 1. The van der Waals surface area contributed by atoms with Gasteiger partial charge in [0.1, 0.15) is 0 Å². The highest BCUT2D eigenvalue weighted by Crippen LogP contribution is 2.28. The maximum atomic E-state index is 10.5. The first-order valence-electron chi connectivity index (χ1n) is 6.39. The van der Waals surface area contributed by atoms with E-state index in [9.17, 15) is 4.79 Å². The van der Waals surface area contributed by atoms with Crippen LogP contribution in [0.1, 0.15) is 26.3 Å². The summed E-state index contributed by atoms with van der Waals surface area (Å²) in [7, 11) is 0. The highest BCUT2D eigenvalue weighted by atomic mass is 79.9. The number of rotatable bonds is 6. The monoisotopic (exact) mass is 325 g/mol.